The van der Waals surface area contributed by atoms with Gasteiger partial charge in [-0.15, -0.1) is 0 Å². The number of rotatable bonds is 16. The number of aromatic nitrogens is 2. The molecule has 1 aliphatic heterocycles. The molecular formula is C71H121N13O13. The Morgan fingerprint density at radius 3 is 1.43 bits per heavy atom. The van der Waals surface area contributed by atoms with E-state index >= 15 is 9.59 Å². The van der Waals surface area contributed by atoms with Crippen LogP contribution < -0.4 is 27.0 Å². The second kappa shape index (κ2) is 39.1. The number of aromatic amines is 1. The van der Waals surface area contributed by atoms with E-state index in [0.717, 1.165) is 20.8 Å². The molecule has 12 atom stereocenters. The molecule has 2 aromatic rings. The number of para-hydroxylation sites is 2. The molecule has 0 spiro atoms. The Morgan fingerprint density at radius 1 is 0.495 bits per heavy atom. The van der Waals surface area contributed by atoms with Crippen molar-refractivity contribution in [3.05, 3.63) is 46.9 Å². The number of nitrogens with zero attached hydrogens (tertiary/aromatic N) is 8. The highest BCUT2D eigenvalue weighted by Gasteiger charge is 2.46. The molecule has 6 N–H and O–H groups in total. The first kappa shape index (κ1) is 85.4. The Bertz CT molecular complexity index is 3080. The monoisotopic (exact) mass is 1360 g/mol. The van der Waals surface area contributed by atoms with E-state index in [0.29, 0.717) is 13.0 Å². The number of carbonyl (C=O) groups is 11. The fourth-order valence-corrected chi connectivity index (χ4v) is 12.1. The lowest BCUT2D eigenvalue weighted by atomic mass is 9.91. The molecule has 1 saturated heterocycles. The van der Waals surface area contributed by atoms with Crippen LogP contribution >= 0.6 is 0 Å². The predicted octanol–water partition coefficient (Wildman–Crippen LogP) is 4.62. The summed E-state index contributed by atoms with van der Waals surface area (Å²) < 4.78 is 1.72. The van der Waals surface area contributed by atoms with Gasteiger partial charge in [-0.3, -0.25) is 57.3 Å². The molecule has 3 rings (SSSR count). The summed E-state index contributed by atoms with van der Waals surface area (Å²) in [6, 6.07) is -4.63. The lowest BCUT2D eigenvalue weighted by Crippen LogP contribution is -2.63. The second-order valence-electron chi connectivity index (χ2n) is 28.8. The summed E-state index contributed by atoms with van der Waals surface area (Å²) >= 11 is 0. The molecule has 0 radical (unpaired) electrons. The highest BCUT2D eigenvalue weighted by Crippen LogP contribution is 2.26. The predicted molar refractivity (Wildman–Crippen MR) is 377 cm³/mol. The van der Waals surface area contributed by atoms with Crippen molar-refractivity contribution >= 4 is 76.0 Å². The number of nitrogens with one attached hydrogen (secondary N) is 5. The molecule has 97 heavy (non-hydrogen) atoms. The molecule has 2 heterocycles. The molecule has 0 unspecified atom stereocenters. The zero-order valence-electron chi connectivity index (χ0n) is 62.9. The van der Waals surface area contributed by atoms with Gasteiger partial charge in [-0.05, 0) is 120 Å². The Labute approximate surface area is 577 Å². The third-order valence-electron chi connectivity index (χ3n) is 18.1. The van der Waals surface area contributed by atoms with Crippen LogP contribution in [0.1, 0.15) is 163 Å². The van der Waals surface area contributed by atoms with Crippen LogP contribution in [-0.4, -0.2) is 236 Å². The highest BCUT2D eigenvalue weighted by atomic mass is 16.3. The highest BCUT2D eigenvalue weighted by molar-refractivity contribution is 5.99. The summed E-state index contributed by atoms with van der Waals surface area (Å²) in [5.74, 6) is -9.71. The number of H-pyrrole nitrogens is 1. The number of benzene rings is 1. The smallest absolute Gasteiger partial charge is 0.326 e. The van der Waals surface area contributed by atoms with Crippen molar-refractivity contribution in [3.8, 4) is 0 Å². The first-order valence-corrected chi connectivity index (χ1v) is 34.6. The van der Waals surface area contributed by atoms with E-state index < -0.39 is 156 Å². The zero-order chi connectivity index (χ0) is 74.5. The number of imidazole rings is 1. The maximum absolute atomic E-state index is 15.1. The first-order valence-electron chi connectivity index (χ1n) is 34.6. The van der Waals surface area contributed by atoms with Crippen molar-refractivity contribution in [3.63, 3.8) is 0 Å². The van der Waals surface area contributed by atoms with Crippen LogP contribution in [0, 0.1) is 41.4 Å². The molecule has 1 aliphatic rings. The number of amides is 11. The van der Waals surface area contributed by atoms with Crippen LogP contribution in [0.25, 0.3) is 11.0 Å². The quantitative estimate of drug-likeness (QED) is 0.125. The third-order valence-corrected chi connectivity index (χ3v) is 18.1. The molecule has 11 amide bonds. The normalized spacial score (nSPS) is 24.9. The van der Waals surface area contributed by atoms with Crippen molar-refractivity contribution in [1.29, 1.82) is 0 Å². The van der Waals surface area contributed by atoms with Gasteiger partial charge in [-0.2, -0.15) is 0 Å². The molecule has 0 bridgehead atoms. The van der Waals surface area contributed by atoms with Gasteiger partial charge in [0.05, 0.1) is 23.7 Å². The van der Waals surface area contributed by atoms with E-state index in [1.54, 1.807) is 59.1 Å². The largest absolute Gasteiger partial charge is 0.390 e. The standard InChI is InChI=1S/C62H111N11O12.C9H10N2O/c1-25-27-28-40(15)52(75)51-56(79)65-43(26-2)58(81)67(18)33-48(74)68(19)44(29-34(3)4)55(78)66-49(38(11)12)61(84)69(20)45(30-35(5)6)54(77)63-41(16)53(76)64-42(17)57(80)70(21)46(31-36(7)8)59(82)71(22)47(32-37(9)10)60(83)72(23)50(39(13)14)62(85)73(51)24;1-2-11-8-6-4-3-5-7(8)10-9(11)12/h25,27,34-47,49-52,75H,26,28-33H2,1-24H3,(H,63,77)(H,64,76)(H,65,79)(H,66,78);3-6H,2H2,1H3,(H,10,12)/b27-25+;/t40-,41+,42-,43+,44+,45+,46+,47+,49+,50+,51+,52-;/m1./s1. The molecule has 26 heteroatoms. The Hall–Kier alpha value is -7.64. The van der Waals surface area contributed by atoms with Crippen LogP contribution in [0.2, 0.25) is 0 Å². The van der Waals surface area contributed by atoms with E-state index in [1.807, 2.05) is 92.7 Å². The van der Waals surface area contributed by atoms with Gasteiger partial charge in [0.15, 0.2) is 0 Å². The van der Waals surface area contributed by atoms with Gasteiger partial charge in [-0.25, -0.2) is 4.79 Å². The summed E-state index contributed by atoms with van der Waals surface area (Å²) in [7, 11) is 9.92. The topological polar surface area (TPSA) is 317 Å². The SMILES string of the molecule is C/C=C/C[C@@H](C)[C@@H](O)[C@H]1C(=O)N[C@@H](CC)C(=O)N(C)CC(=O)N(C)[C@@H](CC(C)C)C(=O)N[C@@H](C(C)C)C(=O)N(C)[C@@H](CC(C)C)C(=O)N[C@@H](C)C(=O)N[C@H](C)C(=O)N(C)[C@@H](CC(C)C)C(=O)N(C)[C@@H](CC(C)C)C(=O)N(C)[C@@H](C(C)C)C(=O)N1C.CCn1c(=O)[nH]c2ccccc21. The van der Waals surface area contributed by atoms with Crippen molar-refractivity contribution in [2.24, 2.45) is 41.4 Å². The molecule has 548 valence electrons. The molecular weight excluding hydrogens is 1240 g/mol. The summed E-state index contributed by atoms with van der Waals surface area (Å²) in [6.07, 6.45) is 3.04. The van der Waals surface area contributed by atoms with Crippen LogP contribution in [0.5, 0.6) is 0 Å². The second-order valence-corrected chi connectivity index (χ2v) is 28.8. The number of fused-ring (bicyclic) bond motifs is 1. The third kappa shape index (κ3) is 23.5. The van der Waals surface area contributed by atoms with Gasteiger partial charge in [0.1, 0.15) is 60.4 Å². The van der Waals surface area contributed by atoms with Crippen LogP contribution in [0.3, 0.4) is 0 Å². The Kier molecular flexibility index (Phi) is 34.4. The number of aliphatic hydroxyl groups is 1. The summed E-state index contributed by atoms with van der Waals surface area (Å²) in [5.41, 5.74) is 1.85. The van der Waals surface area contributed by atoms with Crippen molar-refractivity contribution in [1.82, 2.24) is 65.1 Å². The molecule has 1 aromatic heterocycles. The van der Waals surface area contributed by atoms with Crippen LogP contribution in [0.4, 0.5) is 0 Å². The number of allylic oxidation sites excluding steroid dienone is 2. The summed E-state index contributed by atoms with van der Waals surface area (Å²) in [5, 5.41) is 23.1. The number of aliphatic hydroxyl groups excluding tert-OH is 1. The van der Waals surface area contributed by atoms with Gasteiger partial charge in [0.25, 0.3) is 0 Å². The minimum absolute atomic E-state index is 0.0229. The molecule has 1 fully saturated rings. The maximum Gasteiger partial charge on any atom is 0.326 e. The fraction of sp³-hybridized carbons (Fsp3) is 0.718. The number of carbonyl (C=O) groups excluding carboxylic acids is 11. The van der Waals surface area contributed by atoms with E-state index in [-0.39, 0.29) is 61.5 Å². The van der Waals surface area contributed by atoms with E-state index in [2.05, 4.69) is 26.3 Å². The van der Waals surface area contributed by atoms with Gasteiger partial charge < -0.3 is 65.7 Å². The number of aryl methyl sites for hydroxylation is 1. The van der Waals surface area contributed by atoms with Gasteiger partial charge in [0.2, 0.25) is 65.0 Å². The Morgan fingerprint density at radius 2 is 0.948 bits per heavy atom. The van der Waals surface area contributed by atoms with Crippen LogP contribution in [0.15, 0.2) is 41.2 Å². The lowest BCUT2D eigenvalue weighted by molar-refractivity contribution is -0.157. The van der Waals surface area contributed by atoms with Gasteiger partial charge in [-0.1, -0.05) is 121 Å². The van der Waals surface area contributed by atoms with Gasteiger partial charge in [0, 0.05) is 55.9 Å². The van der Waals surface area contributed by atoms with Crippen molar-refractivity contribution < 1.29 is 57.8 Å². The van der Waals surface area contributed by atoms with Crippen molar-refractivity contribution in [2.75, 3.05) is 55.9 Å². The van der Waals surface area contributed by atoms with E-state index in [9.17, 15) is 53.1 Å². The average Bonchev–Trinajstić information content (AvgIpc) is 1.15. The fourth-order valence-electron chi connectivity index (χ4n) is 12.1. The maximum atomic E-state index is 15.1. The van der Waals surface area contributed by atoms with Gasteiger partial charge >= 0.3 is 5.69 Å². The van der Waals surface area contributed by atoms with E-state index in [4.69, 9.17) is 0 Å². The Balaban J connectivity index is 0.00000236. The summed E-state index contributed by atoms with van der Waals surface area (Å²) in [6.45, 7) is 32.0. The lowest BCUT2D eigenvalue weighted by Gasteiger charge is -2.41. The van der Waals surface area contributed by atoms with E-state index in [1.165, 1.54) is 87.7 Å². The molecule has 0 aliphatic carbocycles. The van der Waals surface area contributed by atoms with Crippen molar-refractivity contribution in [2.45, 2.75) is 236 Å². The molecule has 1 aromatic carbocycles. The first-order chi connectivity index (χ1) is 45.0. The minimum Gasteiger partial charge on any atom is -0.390 e. The number of hydrogen-bond acceptors (Lipinski definition) is 13. The zero-order valence-corrected chi connectivity index (χ0v) is 62.9. The summed E-state index contributed by atoms with van der Waals surface area (Å²) in [4.78, 5) is 183. The molecule has 0 saturated carbocycles. The average molecular weight is 1360 g/mol. The number of hydrogen-bond donors (Lipinski definition) is 6. The van der Waals surface area contributed by atoms with Crippen LogP contribution in [-0.2, 0) is 59.3 Å². The minimum atomic E-state index is -1.61. The number of likely N-dealkylation sites (N-methyl/N-ethyl adjacent to an activating group) is 7. The molecule has 26 nitrogen and oxygen atoms in total.